The van der Waals surface area contributed by atoms with Gasteiger partial charge in [-0.25, -0.2) is 0 Å². The highest BCUT2D eigenvalue weighted by Crippen LogP contribution is 2.28. The number of halogens is 2. The molecule has 6 heteroatoms. The summed E-state index contributed by atoms with van der Waals surface area (Å²) in [7, 11) is 1.81. The first-order valence-electron chi connectivity index (χ1n) is 6.83. The van der Waals surface area contributed by atoms with E-state index in [9.17, 15) is 0 Å². The van der Waals surface area contributed by atoms with Crippen molar-refractivity contribution in [1.82, 2.24) is 15.1 Å². The lowest BCUT2D eigenvalue weighted by Crippen LogP contribution is -2.13. The van der Waals surface area contributed by atoms with Gasteiger partial charge in [0, 0.05) is 29.7 Å². The van der Waals surface area contributed by atoms with Crippen molar-refractivity contribution in [3.63, 3.8) is 0 Å². The number of nitrogens with one attached hydrogen (secondary N) is 1. The second kappa shape index (κ2) is 7.16. The van der Waals surface area contributed by atoms with Crippen LogP contribution in [-0.4, -0.2) is 16.3 Å². The molecule has 0 saturated heterocycles. The van der Waals surface area contributed by atoms with E-state index in [1.165, 1.54) is 0 Å². The van der Waals surface area contributed by atoms with Crippen LogP contribution in [0.2, 0.25) is 10.2 Å². The van der Waals surface area contributed by atoms with Gasteiger partial charge >= 0.3 is 0 Å². The van der Waals surface area contributed by atoms with Gasteiger partial charge in [-0.3, -0.25) is 4.68 Å². The standard InChI is InChI=1S/C15H19Cl2N3O/c1-4-18-8-11-13(16)6-5-7-14(11)21-9-12-10(2)19-20(3)15(12)17/h5-7,18H,4,8-9H2,1-3H3. The summed E-state index contributed by atoms with van der Waals surface area (Å²) in [6.45, 7) is 5.89. The Morgan fingerprint density at radius 1 is 1.29 bits per heavy atom. The Kier molecular flexibility index (Phi) is 5.51. The zero-order valence-electron chi connectivity index (χ0n) is 12.4. The Labute approximate surface area is 135 Å². The summed E-state index contributed by atoms with van der Waals surface area (Å²) in [5.74, 6) is 0.766. The molecule has 0 bridgehead atoms. The fourth-order valence-electron chi connectivity index (χ4n) is 2.08. The molecule has 0 atom stereocenters. The first kappa shape index (κ1) is 16.1. The molecule has 0 aliphatic heterocycles. The van der Waals surface area contributed by atoms with Gasteiger partial charge in [-0.1, -0.05) is 36.2 Å². The Balaban J connectivity index is 2.18. The molecule has 0 amide bonds. The normalized spacial score (nSPS) is 10.9. The molecule has 0 radical (unpaired) electrons. The quantitative estimate of drug-likeness (QED) is 0.878. The maximum atomic E-state index is 6.25. The number of aryl methyl sites for hydroxylation is 2. The Morgan fingerprint density at radius 3 is 2.67 bits per heavy atom. The van der Waals surface area contributed by atoms with E-state index in [1.54, 1.807) is 4.68 Å². The highest BCUT2D eigenvalue weighted by Gasteiger charge is 2.13. The summed E-state index contributed by atoms with van der Waals surface area (Å²) in [6, 6.07) is 5.66. The van der Waals surface area contributed by atoms with Crippen LogP contribution in [0.3, 0.4) is 0 Å². The molecule has 1 heterocycles. The van der Waals surface area contributed by atoms with Crippen molar-refractivity contribution in [2.45, 2.75) is 27.0 Å². The minimum atomic E-state index is 0.373. The van der Waals surface area contributed by atoms with Crippen molar-refractivity contribution >= 4 is 23.2 Å². The van der Waals surface area contributed by atoms with Crippen LogP contribution in [0.4, 0.5) is 0 Å². The van der Waals surface area contributed by atoms with E-state index in [0.717, 1.165) is 29.1 Å². The number of aromatic nitrogens is 2. The van der Waals surface area contributed by atoms with Crippen LogP contribution in [0, 0.1) is 6.92 Å². The molecule has 2 rings (SSSR count). The van der Waals surface area contributed by atoms with Gasteiger partial charge in [-0.2, -0.15) is 5.10 Å². The van der Waals surface area contributed by atoms with Crippen molar-refractivity contribution in [2.24, 2.45) is 7.05 Å². The van der Waals surface area contributed by atoms with Gasteiger partial charge in [-0.05, 0) is 25.6 Å². The lowest BCUT2D eigenvalue weighted by Gasteiger charge is -2.13. The fourth-order valence-corrected chi connectivity index (χ4v) is 2.55. The average Bonchev–Trinajstić information content (AvgIpc) is 2.69. The number of hydrogen-bond acceptors (Lipinski definition) is 3. The Hall–Kier alpha value is -1.23. The third kappa shape index (κ3) is 3.70. The van der Waals surface area contributed by atoms with Gasteiger partial charge in [0.05, 0.1) is 5.69 Å². The third-order valence-electron chi connectivity index (χ3n) is 3.27. The summed E-state index contributed by atoms with van der Waals surface area (Å²) in [4.78, 5) is 0. The van der Waals surface area contributed by atoms with Crippen LogP contribution in [-0.2, 0) is 20.2 Å². The molecule has 114 valence electrons. The number of hydrogen-bond donors (Lipinski definition) is 1. The first-order chi connectivity index (χ1) is 10.0. The van der Waals surface area contributed by atoms with Crippen LogP contribution in [0.1, 0.15) is 23.7 Å². The van der Waals surface area contributed by atoms with Crippen molar-refractivity contribution in [2.75, 3.05) is 6.54 Å². The number of rotatable bonds is 6. The van der Waals surface area contributed by atoms with Crippen molar-refractivity contribution in [1.29, 1.82) is 0 Å². The minimum absolute atomic E-state index is 0.373. The predicted octanol–water partition coefficient (Wildman–Crippen LogP) is 3.72. The molecule has 2 aromatic rings. The van der Waals surface area contributed by atoms with Gasteiger partial charge in [0.2, 0.25) is 0 Å². The summed E-state index contributed by atoms with van der Waals surface area (Å²) in [6.07, 6.45) is 0. The molecule has 1 aromatic carbocycles. The fraction of sp³-hybridized carbons (Fsp3) is 0.400. The third-order valence-corrected chi connectivity index (χ3v) is 4.10. The second-order valence-electron chi connectivity index (χ2n) is 4.76. The molecular formula is C15H19Cl2N3O. The maximum Gasteiger partial charge on any atom is 0.133 e. The molecule has 21 heavy (non-hydrogen) atoms. The summed E-state index contributed by atoms with van der Waals surface area (Å²) < 4.78 is 7.56. The monoisotopic (exact) mass is 327 g/mol. The number of nitrogens with zero attached hydrogens (tertiary/aromatic N) is 2. The molecular weight excluding hydrogens is 309 g/mol. The molecule has 4 nitrogen and oxygen atoms in total. The minimum Gasteiger partial charge on any atom is -0.488 e. The predicted molar refractivity (Wildman–Crippen MR) is 86.1 cm³/mol. The topological polar surface area (TPSA) is 39.1 Å². The smallest absolute Gasteiger partial charge is 0.133 e. The molecule has 1 aromatic heterocycles. The zero-order chi connectivity index (χ0) is 15.4. The molecule has 0 unspecified atom stereocenters. The van der Waals surface area contributed by atoms with Crippen LogP contribution >= 0.6 is 23.2 Å². The highest BCUT2D eigenvalue weighted by molar-refractivity contribution is 6.31. The lowest BCUT2D eigenvalue weighted by atomic mass is 10.2. The van der Waals surface area contributed by atoms with Gasteiger partial charge < -0.3 is 10.1 Å². The zero-order valence-corrected chi connectivity index (χ0v) is 13.9. The highest BCUT2D eigenvalue weighted by atomic mass is 35.5. The molecule has 0 spiro atoms. The van der Waals surface area contributed by atoms with Gasteiger partial charge in [0.25, 0.3) is 0 Å². The van der Waals surface area contributed by atoms with E-state index >= 15 is 0 Å². The maximum absolute atomic E-state index is 6.25. The second-order valence-corrected chi connectivity index (χ2v) is 5.53. The van der Waals surface area contributed by atoms with Crippen molar-refractivity contribution in [3.8, 4) is 5.75 Å². The van der Waals surface area contributed by atoms with Gasteiger partial charge in [-0.15, -0.1) is 0 Å². The van der Waals surface area contributed by atoms with Gasteiger partial charge in [0.15, 0.2) is 0 Å². The van der Waals surface area contributed by atoms with Crippen molar-refractivity contribution in [3.05, 3.63) is 45.2 Å². The number of benzene rings is 1. The number of ether oxygens (including phenoxy) is 1. The van der Waals surface area contributed by atoms with E-state index in [0.29, 0.717) is 23.3 Å². The summed E-state index contributed by atoms with van der Waals surface area (Å²) >= 11 is 12.5. The average molecular weight is 328 g/mol. The van der Waals surface area contributed by atoms with E-state index < -0.39 is 0 Å². The Morgan fingerprint density at radius 2 is 2.05 bits per heavy atom. The van der Waals surface area contributed by atoms with Crippen LogP contribution in [0.15, 0.2) is 18.2 Å². The SMILES string of the molecule is CCNCc1c(Cl)cccc1OCc1c(C)nn(C)c1Cl. The first-order valence-corrected chi connectivity index (χ1v) is 7.59. The van der Waals surface area contributed by atoms with Gasteiger partial charge in [0.1, 0.15) is 17.5 Å². The van der Waals surface area contributed by atoms with Crippen LogP contribution < -0.4 is 10.1 Å². The molecule has 0 aliphatic rings. The molecule has 0 fully saturated rings. The van der Waals surface area contributed by atoms with E-state index in [1.807, 2.05) is 32.2 Å². The Bertz CT molecular complexity index is 626. The molecule has 1 N–H and O–H groups in total. The van der Waals surface area contributed by atoms with Crippen molar-refractivity contribution < 1.29 is 4.74 Å². The van der Waals surface area contributed by atoms with Crippen LogP contribution in [0.25, 0.3) is 0 Å². The van der Waals surface area contributed by atoms with E-state index in [2.05, 4.69) is 17.3 Å². The summed E-state index contributed by atoms with van der Waals surface area (Å²) in [5.41, 5.74) is 2.73. The van der Waals surface area contributed by atoms with E-state index in [4.69, 9.17) is 27.9 Å². The molecule has 0 aliphatic carbocycles. The summed E-state index contributed by atoms with van der Waals surface area (Å²) in [5, 5.41) is 8.84. The molecule has 0 saturated carbocycles. The lowest BCUT2D eigenvalue weighted by molar-refractivity contribution is 0.301. The van der Waals surface area contributed by atoms with Crippen LogP contribution in [0.5, 0.6) is 5.75 Å². The largest absolute Gasteiger partial charge is 0.488 e. The van der Waals surface area contributed by atoms with E-state index in [-0.39, 0.29) is 0 Å².